The van der Waals surface area contributed by atoms with E-state index in [1.807, 2.05) is 5.32 Å². The minimum Gasteiger partial charge on any atom is -0.480 e. The van der Waals surface area contributed by atoms with Gasteiger partial charge in [0.05, 0.1) is 6.54 Å². The minimum absolute atomic E-state index is 0.346. The molecule has 18 heavy (non-hydrogen) atoms. The molecule has 0 aliphatic heterocycles. The van der Waals surface area contributed by atoms with Crippen LogP contribution in [0.25, 0.3) is 0 Å². The van der Waals surface area contributed by atoms with Gasteiger partial charge in [0.2, 0.25) is 0 Å². The van der Waals surface area contributed by atoms with Crippen LogP contribution >= 0.6 is 0 Å². The summed E-state index contributed by atoms with van der Waals surface area (Å²) in [5.41, 5.74) is -2.48. The first-order chi connectivity index (χ1) is 8.17. The van der Waals surface area contributed by atoms with Crippen LogP contribution in [-0.2, 0) is 10.3 Å². The summed E-state index contributed by atoms with van der Waals surface area (Å²) >= 11 is 0. The number of benzene rings is 1. The van der Waals surface area contributed by atoms with Gasteiger partial charge in [-0.15, -0.1) is 0 Å². The summed E-state index contributed by atoms with van der Waals surface area (Å²) in [5, 5.41) is 10.8. The molecular formula is C11H11F4NO2. The van der Waals surface area contributed by atoms with Crippen molar-refractivity contribution in [3.05, 3.63) is 35.6 Å². The van der Waals surface area contributed by atoms with Crippen molar-refractivity contribution >= 4 is 5.97 Å². The average molecular weight is 265 g/mol. The van der Waals surface area contributed by atoms with Gasteiger partial charge in [-0.3, -0.25) is 5.32 Å². The summed E-state index contributed by atoms with van der Waals surface area (Å²) in [6.45, 7) is -0.538. The fourth-order valence-electron chi connectivity index (χ4n) is 1.43. The molecule has 0 saturated carbocycles. The van der Waals surface area contributed by atoms with E-state index >= 15 is 0 Å². The van der Waals surface area contributed by atoms with Crippen LogP contribution < -0.4 is 5.32 Å². The van der Waals surface area contributed by atoms with Crippen molar-refractivity contribution in [2.24, 2.45) is 0 Å². The number of halogens is 4. The topological polar surface area (TPSA) is 49.3 Å². The predicted octanol–water partition coefficient (Wildman–Crippen LogP) is 2.28. The monoisotopic (exact) mass is 265 g/mol. The molecule has 1 aromatic carbocycles. The van der Waals surface area contributed by atoms with Crippen LogP contribution in [0.2, 0.25) is 0 Å². The normalized spacial score (nSPS) is 15.2. The summed E-state index contributed by atoms with van der Waals surface area (Å²) in [7, 11) is 0. The molecule has 0 radical (unpaired) electrons. The Kier molecular flexibility index (Phi) is 3.95. The molecule has 1 unspecified atom stereocenters. The Labute approximate surface area is 100 Å². The van der Waals surface area contributed by atoms with E-state index in [-0.39, 0.29) is 5.56 Å². The van der Waals surface area contributed by atoms with E-state index in [1.54, 1.807) is 0 Å². The molecule has 2 N–H and O–H groups in total. The summed E-state index contributed by atoms with van der Waals surface area (Å²) < 4.78 is 49.8. The molecule has 0 fully saturated rings. The summed E-state index contributed by atoms with van der Waals surface area (Å²) in [5.74, 6) is -2.46. The molecule has 7 heteroatoms. The maximum Gasteiger partial charge on any atom is 0.401 e. The summed E-state index contributed by atoms with van der Waals surface area (Å²) in [6, 6.07) is 4.80. The molecule has 1 aromatic rings. The molecule has 0 spiro atoms. The number of alkyl halides is 3. The Bertz CT molecular complexity index is 447. The largest absolute Gasteiger partial charge is 0.480 e. The third-order valence-electron chi connectivity index (χ3n) is 2.48. The number of hydrogen-bond acceptors (Lipinski definition) is 2. The maximum absolute atomic E-state index is 13.5. The molecule has 0 amide bonds. The van der Waals surface area contributed by atoms with E-state index < -0.39 is 30.0 Å². The fourth-order valence-corrected chi connectivity index (χ4v) is 1.43. The smallest absolute Gasteiger partial charge is 0.401 e. The molecule has 0 heterocycles. The van der Waals surface area contributed by atoms with Crippen LogP contribution in [0.3, 0.4) is 0 Å². The van der Waals surface area contributed by atoms with Crippen molar-refractivity contribution in [2.45, 2.75) is 18.6 Å². The Morgan fingerprint density at radius 1 is 1.33 bits per heavy atom. The third-order valence-corrected chi connectivity index (χ3v) is 2.48. The van der Waals surface area contributed by atoms with Gasteiger partial charge >= 0.3 is 12.1 Å². The molecule has 1 atom stereocenters. The zero-order valence-corrected chi connectivity index (χ0v) is 9.38. The zero-order chi connectivity index (χ0) is 14.0. The summed E-state index contributed by atoms with van der Waals surface area (Å²) in [4.78, 5) is 11.1. The highest BCUT2D eigenvalue weighted by molar-refractivity contribution is 5.80. The van der Waals surface area contributed by atoms with Gasteiger partial charge in [-0.05, 0) is 13.0 Å². The number of carbonyl (C=O) groups is 1. The first-order valence-corrected chi connectivity index (χ1v) is 4.97. The lowest BCUT2D eigenvalue weighted by atomic mass is 9.91. The number of carboxylic acid groups (broad SMARTS) is 1. The van der Waals surface area contributed by atoms with Gasteiger partial charge in [0, 0.05) is 5.56 Å². The number of rotatable bonds is 4. The van der Waals surface area contributed by atoms with E-state index in [2.05, 4.69) is 0 Å². The van der Waals surface area contributed by atoms with Gasteiger partial charge < -0.3 is 5.11 Å². The standard InChI is InChI=1S/C11H11F4NO2/c1-10(9(17)18,16-6-11(13,14)15)7-4-2-3-5-8(7)12/h2-5,16H,6H2,1H3,(H,17,18). The number of aliphatic carboxylic acids is 1. The van der Waals surface area contributed by atoms with E-state index in [9.17, 15) is 22.4 Å². The van der Waals surface area contributed by atoms with E-state index in [0.29, 0.717) is 0 Å². The van der Waals surface area contributed by atoms with Crippen molar-refractivity contribution in [1.82, 2.24) is 5.32 Å². The lowest BCUT2D eigenvalue weighted by Crippen LogP contribution is -2.50. The first-order valence-electron chi connectivity index (χ1n) is 4.97. The van der Waals surface area contributed by atoms with Crippen LogP contribution in [0.5, 0.6) is 0 Å². The van der Waals surface area contributed by atoms with Crippen LogP contribution in [0.1, 0.15) is 12.5 Å². The Hall–Kier alpha value is -1.63. The molecule has 0 aromatic heterocycles. The number of hydrogen-bond donors (Lipinski definition) is 2. The molecule has 0 aliphatic rings. The Morgan fingerprint density at radius 3 is 2.33 bits per heavy atom. The van der Waals surface area contributed by atoms with Crippen LogP contribution in [0.15, 0.2) is 24.3 Å². The second-order valence-electron chi connectivity index (χ2n) is 3.88. The fraction of sp³-hybridized carbons (Fsp3) is 0.364. The lowest BCUT2D eigenvalue weighted by molar-refractivity contribution is -0.150. The maximum atomic E-state index is 13.5. The molecule has 0 bridgehead atoms. The molecule has 3 nitrogen and oxygen atoms in total. The number of carboxylic acids is 1. The molecule has 0 saturated heterocycles. The second-order valence-corrected chi connectivity index (χ2v) is 3.88. The van der Waals surface area contributed by atoms with Gasteiger partial charge in [0.15, 0.2) is 0 Å². The van der Waals surface area contributed by atoms with Crippen molar-refractivity contribution < 1.29 is 27.5 Å². The van der Waals surface area contributed by atoms with Crippen molar-refractivity contribution in [1.29, 1.82) is 0 Å². The van der Waals surface area contributed by atoms with Crippen molar-refractivity contribution in [3.8, 4) is 0 Å². The van der Waals surface area contributed by atoms with Gasteiger partial charge in [-0.1, -0.05) is 18.2 Å². The zero-order valence-electron chi connectivity index (χ0n) is 9.38. The Morgan fingerprint density at radius 2 is 1.89 bits per heavy atom. The highest BCUT2D eigenvalue weighted by Crippen LogP contribution is 2.25. The van der Waals surface area contributed by atoms with E-state index in [0.717, 1.165) is 19.1 Å². The second kappa shape index (κ2) is 4.93. The van der Waals surface area contributed by atoms with Crippen molar-refractivity contribution in [2.75, 3.05) is 6.54 Å². The highest BCUT2D eigenvalue weighted by Gasteiger charge is 2.40. The van der Waals surface area contributed by atoms with Gasteiger partial charge in [-0.25, -0.2) is 9.18 Å². The lowest BCUT2D eigenvalue weighted by Gasteiger charge is -2.27. The molecule has 100 valence electrons. The molecular weight excluding hydrogens is 254 g/mol. The molecule has 1 rings (SSSR count). The SMILES string of the molecule is CC(NCC(F)(F)F)(C(=O)O)c1ccccc1F. The summed E-state index contributed by atoms with van der Waals surface area (Å²) in [6.07, 6.45) is -4.58. The van der Waals surface area contributed by atoms with Gasteiger partial charge in [0.1, 0.15) is 11.4 Å². The van der Waals surface area contributed by atoms with Crippen LogP contribution in [0, 0.1) is 5.82 Å². The Balaban J connectivity index is 3.09. The van der Waals surface area contributed by atoms with Crippen molar-refractivity contribution in [3.63, 3.8) is 0 Å². The predicted molar refractivity (Wildman–Crippen MR) is 55.4 cm³/mol. The average Bonchev–Trinajstić information content (AvgIpc) is 2.25. The van der Waals surface area contributed by atoms with Gasteiger partial charge in [0.25, 0.3) is 0 Å². The number of nitrogens with one attached hydrogen (secondary N) is 1. The van der Waals surface area contributed by atoms with E-state index in [1.165, 1.54) is 12.1 Å². The third kappa shape index (κ3) is 3.19. The van der Waals surface area contributed by atoms with Gasteiger partial charge in [-0.2, -0.15) is 13.2 Å². The first kappa shape index (κ1) is 14.4. The minimum atomic E-state index is -4.58. The van der Waals surface area contributed by atoms with Crippen LogP contribution in [-0.4, -0.2) is 23.8 Å². The van der Waals surface area contributed by atoms with Crippen LogP contribution in [0.4, 0.5) is 17.6 Å². The van der Waals surface area contributed by atoms with E-state index in [4.69, 9.17) is 5.11 Å². The molecule has 0 aliphatic carbocycles. The quantitative estimate of drug-likeness (QED) is 0.821. The highest BCUT2D eigenvalue weighted by atomic mass is 19.4.